The quantitative estimate of drug-likeness (QED) is 0.683. The summed E-state index contributed by atoms with van der Waals surface area (Å²) in [4.78, 5) is 15.8. The van der Waals surface area contributed by atoms with Gasteiger partial charge in [-0.05, 0) is 19.9 Å². The number of hydrogen-bond donors (Lipinski definition) is 0. The molecule has 5 heteroatoms. The van der Waals surface area contributed by atoms with E-state index in [0.29, 0.717) is 5.82 Å². The van der Waals surface area contributed by atoms with Crippen LogP contribution in [0.3, 0.4) is 0 Å². The van der Waals surface area contributed by atoms with Crippen LogP contribution >= 0.6 is 0 Å². The molecule has 0 aliphatic heterocycles. The summed E-state index contributed by atoms with van der Waals surface area (Å²) in [5, 5.41) is 4.22. The van der Waals surface area contributed by atoms with Crippen molar-refractivity contribution >= 4 is 0 Å². The first-order valence-corrected chi connectivity index (χ1v) is 4.65. The first kappa shape index (κ1) is 9.64. The van der Waals surface area contributed by atoms with Crippen LogP contribution in [0.5, 0.6) is 0 Å². The minimum atomic E-state index is -0.149. The van der Waals surface area contributed by atoms with Crippen molar-refractivity contribution in [2.75, 3.05) is 0 Å². The van der Waals surface area contributed by atoms with Crippen molar-refractivity contribution in [1.29, 1.82) is 0 Å². The highest BCUT2D eigenvalue weighted by atomic mass is 16.1. The summed E-state index contributed by atoms with van der Waals surface area (Å²) in [6.45, 7) is 3.78. The molecule has 0 saturated heterocycles. The van der Waals surface area contributed by atoms with E-state index in [-0.39, 0.29) is 5.56 Å². The van der Waals surface area contributed by atoms with Crippen molar-refractivity contribution in [1.82, 2.24) is 19.3 Å². The van der Waals surface area contributed by atoms with E-state index in [0.717, 1.165) is 11.4 Å². The number of rotatable bonds is 1. The Hall–Kier alpha value is -1.91. The molecule has 0 aromatic carbocycles. The Kier molecular flexibility index (Phi) is 2.15. The van der Waals surface area contributed by atoms with E-state index in [9.17, 15) is 4.79 Å². The van der Waals surface area contributed by atoms with Crippen LogP contribution in [-0.2, 0) is 7.05 Å². The highest BCUT2D eigenvalue weighted by Gasteiger charge is 2.09. The molecule has 2 heterocycles. The van der Waals surface area contributed by atoms with Gasteiger partial charge in [-0.2, -0.15) is 5.10 Å². The monoisotopic (exact) mass is 204 g/mol. The molecule has 0 fully saturated rings. The summed E-state index contributed by atoms with van der Waals surface area (Å²) < 4.78 is 3.05. The van der Waals surface area contributed by atoms with Gasteiger partial charge in [0.1, 0.15) is 0 Å². The molecule has 0 N–H and O–H groups in total. The lowest BCUT2D eigenvalue weighted by molar-refractivity contribution is 0.747. The molecule has 15 heavy (non-hydrogen) atoms. The molecular formula is C10H12N4O. The summed E-state index contributed by atoms with van der Waals surface area (Å²) in [7, 11) is 1.69. The van der Waals surface area contributed by atoms with Crippen molar-refractivity contribution in [2.45, 2.75) is 13.8 Å². The van der Waals surface area contributed by atoms with Crippen LogP contribution in [0.15, 0.2) is 23.3 Å². The lowest BCUT2D eigenvalue weighted by Crippen LogP contribution is -2.24. The molecule has 0 radical (unpaired) electrons. The molecule has 0 aliphatic rings. The van der Waals surface area contributed by atoms with Gasteiger partial charge in [0, 0.05) is 25.1 Å². The highest BCUT2D eigenvalue weighted by molar-refractivity contribution is 5.22. The normalized spacial score (nSPS) is 10.6. The predicted molar refractivity (Wildman–Crippen MR) is 56.1 cm³/mol. The molecule has 0 unspecified atom stereocenters. The van der Waals surface area contributed by atoms with Gasteiger partial charge in [-0.15, -0.1) is 0 Å². The maximum Gasteiger partial charge on any atom is 0.295 e. The van der Waals surface area contributed by atoms with Gasteiger partial charge in [-0.1, -0.05) is 0 Å². The fourth-order valence-corrected chi connectivity index (χ4v) is 1.47. The second kappa shape index (κ2) is 3.34. The molecule has 0 amide bonds. The fourth-order valence-electron chi connectivity index (χ4n) is 1.47. The summed E-state index contributed by atoms with van der Waals surface area (Å²) in [5.41, 5.74) is 1.63. The van der Waals surface area contributed by atoms with Gasteiger partial charge in [0.05, 0.1) is 5.69 Å². The minimum absolute atomic E-state index is 0.149. The van der Waals surface area contributed by atoms with Crippen molar-refractivity contribution in [3.8, 4) is 5.82 Å². The zero-order valence-corrected chi connectivity index (χ0v) is 8.93. The van der Waals surface area contributed by atoms with Crippen LogP contribution in [0, 0.1) is 13.8 Å². The summed E-state index contributed by atoms with van der Waals surface area (Å²) >= 11 is 0. The zero-order valence-electron chi connectivity index (χ0n) is 8.93. The van der Waals surface area contributed by atoms with Gasteiger partial charge in [0.25, 0.3) is 5.56 Å². The third-order valence-electron chi connectivity index (χ3n) is 2.21. The van der Waals surface area contributed by atoms with Crippen LogP contribution < -0.4 is 5.56 Å². The van der Waals surface area contributed by atoms with Crippen molar-refractivity contribution in [2.24, 2.45) is 7.05 Å². The number of nitrogens with zero attached hydrogens (tertiary/aromatic N) is 4. The van der Waals surface area contributed by atoms with Crippen molar-refractivity contribution in [3.63, 3.8) is 0 Å². The molecule has 0 aliphatic carbocycles. The first-order chi connectivity index (χ1) is 7.09. The van der Waals surface area contributed by atoms with E-state index in [2.05, 4.69) is 10.1 Å². The number of hydrogen-bond acceptors (Lipinski definition) is 3. The average molecular weight is 204 g/mol. The van der Waals surface area contributed by atoms with Gasteiger partial charge in [-0.25, -0.2) is 9.67 Å². The zero-order chi connectivity index (χ0) is 11.0. The van der Waals surface area contributed by atoms with Crippen LogP contribution in [0.1, 0.15) is 11.4 Å². The molecule has 0 saturated carbocycles. The first-order valence-electron chi connectivity index (χ1n) is 4.65. The van der Waals surface area contributed by atoms with E-state index >= 15 is 0 Å². The van der Waals surface area contributed by atoms with E-state index in [1.807, 2.05) is 19.9 Å². The van der Waals surface area contributed by atoms with Crippen molar-refractivity contribution < 1.29 is 0 Å². The summed E-state index contributed by atoms with van der Waals surface area (Å²) in [6.07, 6.45) is 3.21. The lowest BCUT2D eigenvalue weighted by atomic mass is 10.4. The molecule has 0 bridgehead atoms. The Morgan fingerprint density at radius 2 is 2.07 bits per heavy atom. The van der Waals surface area contributed by atoms with Crippen LogP contribution in [0.4, 0.5) is 0 Å². The van der Waals surface area contributed by atoms with E-state index in [1.54, 1.807) is 24.1 Å². The van der Waals surface area contributed by atoms with Crippen molar-refractivity contribution in [3.05, 3.63) is 40.2 Å². The average Bonchev–Trinajstić information content (AvgIpc) is 2.50. The third-order valence-corrected chi connectivity index (χ3v) is 2.21. The topological polar surface area (TPSA) is 52.7 Å². The standard InChI is InChI=1S/C10H12N4O/c1-7-6-8(2)14(12-7)9-10(15)13(3)5-4-11-9/h4-6H,1-3H3. The van der Waals surface area contributed by atoms with Gasteiger partial charge < -0.3 is 4.57 Å². The molecule has 2 aromatic heterocycles. The molecule has 2 rings (SSSR count). The molecule has 0 spiro atoms. The summed E-state index contributed by atoms with van der Waals surface area (Å²) in [5.74, 6) is 0.339. The van der Waals surface area contributed by atoms with E-state index in [1.165, 1.54) is 4.57 Å². The molecule has 78 valence electrons. The fraction of sp³-hybridized carbons (Fsp3) is 0.300. The van der Waals surface area contributed by atoms with Gasteiger partial charge in [0.2, 0.25) is 5.82 Å². The smallest absolute Gasteiger partial charge is 0.295 e. The minimum Gasteiger partial charge on any atom is -0.314 e. The third kappa shape index (κ3) is 1.56. The Bertz CT molecular complexity index is 553. The maximum absolute atomic E-state index is 11.8. The molecule has 2 aromatic rings. The largest absolute Gasteiger partial charge is 0.314 e. The van der Waals surface area contributed by atoms with E-state index < -0.39 is 0 Å². The van der Waals surface area contributed by atoms with Gasteiger partial charge >= 0.3 is 0 Å². The Morgan fingerprint density at radius 3 is 2.67 bits per heavy atom. The second-order valence-electron chi connectivity index (χ2n) is 3.51. The predicted octanol–water partition coefficient (Wildman–Crippen LogP) is 0.583. The lowest BCUT2D eigenvalue weighted by Gasteiger charge is -2.03. The summed E-state index contributed by atoms with van der Waals surface area (Å²) in [6, 6.07) is 1.91. The SMILES string of the molecule is Cc1cc(C)n(-c2nccn(C)c2=O)n1. The van der Waals surface area contributed by atoms with Crippen LogP contribution in [0.25, 0.3) is 5.82 Å². The highest BCUT2D eigenvalue weighted by Crippen LogP contribution is 2.05. The molecular weight excluding hydrogens is 192 g/mol. The molecule has 5 nitrogen and oxygen atoms in total. The maximum atomic E-state index is 11.8. The Balaban J connectivity index is 2.69. The number of aryl methyl sites for hydroxylation is 3. The van der Waals surface area contributed by atoms with Gasteiger partial charge in [-0.3, -0.25) is 4.79 Å². The van der Waals surface area contributed by atoms with E-state index in [4.69, 9.17) is 0 Å². The Morgan fingerprint density at radius 1 is 1.33 bits per heavy atom. The van der Waals surface area contributed by atoms with Gasteiger partial charge in [0.15, 0.2) is 0 Å². The number of aromatic nitrogens is 4. The van der Waals surface area contributed by atoms with Crippen LogP contribution in [0.2, 0.25) is 0 Å². The Labute approximate surface area is 87.0 Å². The second-order valence-corrected chi connectivity index (χ2v) is 3.51. The molecule has 0 atom stereocenters. The van der Waals surface area contributed by atoms with Crippen LogP contribution in [-0.4, -0.2) is 19.3 Å².